The molecule has 158 valence electrons. The van der Waals surface area contributed by atoms with E-state index in [0.717, 1.165) is 12.0 Å². The lowest BCUT2D eigenvalue weighted by Gasteiger charge is -2.73. The lowest BCUT2D eigenvalue weighted by atomic mass is 9.43. The summed E-state index contributed by atoms with van der Waals surface area (Å²) in [5.41, 5.74) is 5.12. The number of nitrogens with one attached hydrogen (secondary N) is 2. The Morgan fingerprint density at radius 1 is 1.14 bits per heavy atom. The third kappa shape index (κ3) is 4.81. The van der Waals surface area contributed by atoms with E-state index in [-0.39, 0.29) is 23.5 Å². The molecular weight excluding hydrogens is 372 g/mol. The lowest BCUT2D eigenvalue weighted by molar-refractivity contribution is -0.187. The number of rotatable bonds is 7. The smallest absolute Gasteiger partial charge is 0.408 e. The van der Waals surface area contributed by atoms with Crippen molar-refractivity contribution in [3.63, 3.8) is 0 Å². The van der Waals surface area contributed by atoms with Gasteiger partial charge in [0, 0.05) is 12.1 Å². The van der Waals surface area contributed by atoms with Crippen LogP contribution in [0, 0.1) is 0 Å². The minimum atomic E-state index is -0.720. The molecule has 0 aromatic heterocycles. The molecule has 3 aliphatic rings. The summed E-state index contributed by atoms with van der Waals surface area (Å²) >= 11 is 0. The zero-order chi connectivity index (χ0) is 21.3. The van der Waals surface area contributed by atoms with Crippen molar-refractivity contribution in [1.29, 1.82) is 0 Å². The van der Waals surface area contributed by atoms with Crippen LogP contribution in [0.1, 0.15) is 45.6 Å². The average Bonchev–Trinajstić information content (AvgIpc) is 2.55. The highest BCUT2D eigenvalue weighted by Gasteiger charge is 2.72. The normalized spacial score (nSPS) is 24.5. The Morgan fingerprint density at radius 2 is 1.76 bits per heavy atom. The Hall–Kier alpha value is -2.77. The van der Waals surface area contributed by atoms with Crippen molar-refractivity contribution >= 4 is 18.0 Å². The van der Waals surface area contributed by atoms with E-state index in [1.54, 1.807) is 0 Å². The molecule has 0 atom stereocenters. The van der Waals surface area contributed by atoms with Crippen molar-refractivity contribution in [2.24, 2.45) is 5.73 Å². The summed E-state index contributed by atoms with van der Waals surface area (Å²) in [5.74, 6) is -0.162. The summed E-state index contributed by atoms with van der Waals surface area (Å²) in [7, 11) is 0. The molecule has 3 aliphatic carbocycles. The molecule has 29 heavy (non-hydrogen) atoms. The standard InChI is InChI=1S/C21H30N4O4/c1-19(2,3)29-18(28)24-20-12-21(13-20,14-20)25(16(26)11-23-17(22)27)10-9-15-7-5-4-6-8-15/h4-8H,9-14H2,1-3H3,(H,24,28)(H3,22,23,27). The highest BCUT2D eigenvalue weighted by Crippen LogP contribution is 2.63. The Morgan fingerprint density at radius 3 is 2.31 bits per heavy atom. The number of urea groups is 1. The number of primary amides is 1. The third-order valence-electron chi connectivity index (χ3n) is 5.52. The Bertz CT molecular complexity index is 768. The number of carbonyl (C=O) groups excluding carboxylic acids is 3. The van der Waals surface area contributed by atoms with Gasteiger partial charge in [-0.05, 0) is 52.0 Å². The first kappa shape index (κ1) is 21.0. The summed E-state index contributed by atoms with van der Waals surface area (Å²) in [6, 6.07) is 9.22. The molecule has 3 saturated carbocycles. The molecule has 0 unspecified atom stereocenters. The van der Waals surface area contributed by atoms with Gasteiger partial charge in [-0.25, -0.2) is 9.59 Å². The SMILES string of the molecule is CC(C)(C)OC(=O)NC12CC(N(CCc3ccccc3)C(=O)CNC(N)=O)(C1)C2. The molecule has 0 spiro atoms. The van der Waals surface area contributed by atoms with Crippen LogP contribution in [0.25, 0.3) is 0 Å². The van der Waals surface area contributed by atoms with Crippen molar-refractivity contribution in [2.75, 3.05) is 13.1 Å². The average molecular weight is 402 g/mol. The van der Waals surface area contributed by atoms with Gasteiger partial charge in [-0.3, -0.25) is 4.79 Å². The van der Waals surface area contributed by atoms with E-state index in [4.69, 9.17) is 10.5 Å². The minimum Gasteiger partial charge on any atom is -0.444 e. The van der Waals surface area contributed by atoms with Crippen LogP contribution in [0.2, 0.25) is 0 Å². The second kappa shape index (κ2) is 7.57. The number of hydrogen-bond donors (Lipinski definition) is 3. The molecule has 4 rings (SSSR count). The van der Waals surface area contributed by atoms with Gasteiger partial charge in [0.2, 0.25) is 5.91 Å². The van der Waals surface area contributed by atoms with Crippen molar-refractivity contribution in [3.8, 4) is 0 Å². The molecule has 0 aliphatic heterocycles. The number of ether oxygens (including phenoxy) is 1. The highest BCUT2D eigenvalue weighted by atomic mass is 16.6. The molecular formula is C21H30N4O4. The molecule has 0 saturated heterocycles. The Kier molecular flexibility index (Phi) is 5.47. The maximum absolute atomic E-state index is 12.8. The second-order valence-electron chi connectivity index (χ2n) is 9.16. The van der Waals surface area contributed by atoms with Gasteiger partial charge in [0.25, 0.3) is 0 Å². The fourth-order valence-corrected chi connectivity index (χ4v) is 4.44. The molecule has 0 heterocycles. The van der Waals surface area contributed by atoms with Crippen molar-refractivity contribution < 1.29 is 19.1 Å². The molecule has 8 heteroatoms. The van der Waals surface area contributed by atoms with Crippen LogP contribution in [0.3, 0.4) is 0 Å². The number of carbonyl (C=O) groups is 3. The van der Waals surface area contributed by atoms with Crippen LogP contribution in [0.5, 0.6) is 0 Å². The minimum absolute atomic E-state index is 0.127. The Labute approximate surface area is 171 Å². The predicted molar refractivity (Wildman–Crippen MR) is 108 cm³/mol. The van der Waals surface area contributed by atoms with Gasteiger partial charge in [0.05, 0.1) is 12.1 Å². The Balaban J connectivity index is 1.61. The van der Waals surface area contributed by atoms with E-state index < -0.39 is 17.7 Å². The summed E-state index contributed by atoms with van der Waals surface area (Å²) in [6.45, 7) is 5.90. The van der Waals surface area contributed by atoms with Crippen LogP contribution >= 0.6 is 0 Å². The zero-order valence-electron chi connectivity index (χ0n) is 17.3. The van der Waals surface area contributed by atoms with Gasteiger partial charge >= 0.3 is 12.1 Å². The lowest BCUT2D eigenvalue weighted by Crippen LogP contribution is -2.84. The first-order valence-electron chi connectivity index (χ1n) is 9.92. The van der Waals surface area contributed by atoms with Crippen LogP contribution in [0.4, 0.5) is 9.59 Å². The first-order chi connectivity index (χ1) is 13.5. The summed E-state index contributed by atoms with van der Waals surface area (Å²) in [6.07, 6.45) is 2.36. The fourth-order valence-electron chi connectivity index (χ4n) is 4.44. The van der Waals surface area contributed by atoms with Crippen LogP contribution < -0.4 is 16.4 Å². The number of benzene rings is 1. The maximum atomic E-state index is 12.8. The third-order valence-corrected chi connectivity index (χ3v) is 5.52. The van der Waals surface area contributed by atoms with Crippen LogP contribution in [-0.2, 0) is 16.0 Å². The number of nitrogens with zero attached hydrogens (tertiary/aromatic N) is 1. The van der Waals surface area contributed by atoms with E-state index >= 15 is 0 Å². The van der Waals surface area contributed by atoms with E-state index in [1.165, 1.54) is 0 Å². The van der Waals surface area contributed by atoms with Crippen molar-refractivity contribution in [3.05, 3.63) is 35.9 Å². The van der Waals surface area contributed by atoms with Gasteiger partial charge < -0.3 is 26.0 Å². The fraction of sp³-hybridized carbons (Fsp3) is 0.571. The zero-order valence-corrected chi connectivity index (χ0v) is 17.3. The number of nitrogens with two attached hydrogens (primary N) is 1. The molecule has 1 aromatic carbocycles. The van der Waals surface area contributed by atoms with E-state index in [0.29, 0.717) is 25.8 Å². The molecule has 4 N–H and O–H groups in total. The largest absolute Gasteiger partial charge is 0.444 e. The van der Waals surface area contributed by atoms with Gasteiger partial charge in [0.1, 0.15) is 5.60 Å². The first-order valence-corrected chi connectivity index (χ1v) is 9.92. The molecule has 2 bridgehead atoms. The number of hydrogen-bond acceptors (Lipinski definition) is 4. The summed E-state index contributed by atoms with van der Waals surface area (Å²) in [5, 5.41) is 5.36. The van der Waals surface area contributed by atoms with E-state index in [2.05, 4.69) is 10.6 Å². The predicted octanol–water partition coefficient (Wildman–Crippen LogP) is 1.93. The summed E-state index contributed by atoms with van der Waals surface area (Å²) < 4.78 is 5.35. The highest BCUT2D eigenvalue weighted by molar-refractivity contribution is 5.84. The van der Waals surface area contributed by atoms with Gasteiger partial charge in [-0.15, -0.1) is 0 Å². The van der Waals surface area contributed by atoms with Gasteiger partial charge in [-0.2, -0.15) is 0 Å². The molecule has 8 nitrogen and oxygen atoms in total. The van der Waals surface area contributed by atoms with E-state index in [1.807, 2.05) is 56.0 Å². The summed E-state index contributed by atoms with van der Waals surface area (Å²) in [4.78, 5) is 37.8. The quantitative estimate of drug-likeness (QED) is 0.646. The second-order valence-corrected chi connectivity index (χ2v) is 9.16. The molecule has 0 radical (unpaired) electrons. The molecule has 3 fully saturated rings. The monoisotopic (exact) mass is 402 g/mol. The van der Waals surface area contributed by atoms with Crippen LogP contribution in [0.15, 0.2) is 30.3 Å². The van der Waals surface area contributed by atoms with Crippen molar-refractivity contribution in [1.82, 2.24) is 15.5 Å². The number of alkyl carbamates (subject to hydrolysis) is 1. The van der Waals surface area contributed by atoms with Crippen LogP contribution in [-0.4, -0.2) is 52.7 Å². The molecule has 1 aromatic rings. The van der Waals surface area contributed by atoms with Crippen molar-refractivity contribution in [2.45, 2.75) is 63.1 Å². The van der Waals surface area contributed by atoms with Gasteiger partial charge in [0.15, 0.2) is 0 Å². The molecule has 4 amide bonds. The maximum Gasteiger partial charge on any atom is 0.408 e. The number of amides is 4. The van der Waals surface area contributed by atoms with E-state index in [9.17, 15) is 14.4 Å². The topological polar surface area (TPSA) is 114 Å². The van der Waals surface area contributed by atoms with Gasteiger partial charge in [-0.1, -0.05) is 30.3 Å².